The number of benzene rings is 2. The molecule has 0 atom stereocenters. The normalized spacial score (nSPS) is 13.0. The summed E-state index contributed by atoms with van der Waals surface area (Å²) in [7, 11) is 0. The fraction of sp³-hybridized carbons (Fsp3) is 0.150. The summed E-state index contributed by atoms with van der Waals surface area (Å²) in [4.78, 5) is 11.3. The number of nitrogens with one attached hydrogen (secondary N) is 1. The number of allylic oxidation sites excluding steroid dienone is 2. The van der Waals surface area contributed by atoms with E-state index in [1.807, 2.05) is 0 Å². The zero-order valence-electron chi connectivity index (χ0n) is 14.2. The van der Waals surface area contributed by atoms with Crippen molar-refractivity contribution in [3.63, 3.8) is 0 Å². The van der Waals surface area contributed by atoms with Gasteiger partial charge in [-0.3, -0.25) is 4.79 Å². The molecule has 1 aliphatic rings. The summed E-state index contributed by atoms with van der Waals surface area (Å²) >= 11 is 0. The molecule has 25 heavy (non-hydrogen) atoms. The molecule has 5 heteroatoms. The lowest BCUT2D eigenvalue weighted by Crippen LogP contribution is -2.10. The summed E-state index contributed by atoms with van der Waals surface area (Å²) in [6.45, 7) is 8.59. The minimum Gasteiger partial charge on any atom is -0.456 e. The van der Waals surface area contributed by atoms with Crippen LogP contribution in [-0.2, 0) is 4.79 Å². The van der Waals surface area contributed by atoms with Crippen LogP contribution in [0.4, 0.5) is 14.5 Å². The third-order valence-electron chi connectivity index (χ3n) is 4.15. The van der Waals surface area contributed by atoms with Crippen LogP contribution < -0.4 is 10.1 Å². The van der Waals surface area contributed by atoms with E-state index in [1.54, 1.807) is 25.1 Å². The smallest absolute Gasteiger partial charge is 0.221 e. The highest BCUT2D eigenvalue weighted by Gasteiger charge is 2.22. The molecule has 1 amide bonds. The van der Waals surface area contributed by atoms with Gasteiger partial charge in [-0.1, -0.05) is 6.58 Å². The molecule has 2 aromatic rings. The van der Waals surface area contributed by atoms with Gasteiger partial charge >= 0.3 is 0 Å². The van der Waals surface area contributed by atoms with Crippen molar-refractivity contribution in [2.75, 3.05) is 5.32 Å². The van der Waals surface area contributed by atoms with E-state index in [2.05, 4.69) is 11.9 Å². The second-order valence-electron chi connectivity index (χ2n) is 6.00. The van der Waals surface area contributed by atoms with E-state index in [9.17, 15) is 13.6 Å². The second kappa shape index (κ2) is 6.16. The molecule has 128 valence electrons. The summed E-state index contributed by atoms with van der Waals surface area (Å²) in [5.74, 6) is -0.663. The summed E-state index contributed by atoms with van der Waals surface area (Å²) < 4.78 is 33.7. The standard InChI is InChI=1S/C20H17F2NO2/c1-10-7-19(14-8-16(21)11(2)17(22)9-14)25-20-12(3)18(23-13(4)24)6-5-15(10)20/h5-9H,1H2,2-4H3,(H,23,24). The largest absolute Gasteiger partial charge is 0.456 e. The molecule has 0 saturated carbocycles. The first-order valence-corrected chi connectivity index (χ1v) is 7.74. The van der Waals surface area contributed by atoms with Crippen LogP contribution in [0, 0.1) is 25.5 Å². The molecule has 0 saturated heterocycles. The lowest BCUT2D eigenvalue weighted by Gasteiger charge is -2.23. The molecule has 0 bridgehead atoms. The van der Waals surface area contributed by atoms with Gasteiger partial charge in [0.15, 0.2) is 0 Å². The van der Waals surface area contributed by atoms with Crippen molar-refractivity contribution < 1.29 is 18.3 Å². The van der Waals surface area contributed by atoms with Crippen LogP contribution in [0.2, 0.25) is 0 Å². The monoisotopic (exact) mass is 341 g/mol. The number of carbonyl (C=O) groups excluding carboxylic acids is 1. The number of fused-ring (bicyclic) bond motifs is 1. The van der Waals surface area contributed by atoms with Gasteiger partial charge in [-0.05, 0) is 49.8 Å². The Hall–Kier alpha value is -2.95. The number of rotatable bonds is 2. The highest BCUT2D eigenvalue weighted by Crippen LogP contribution is 2.41. The third kappa shape index (κ3) is 3.05. The van der Waals surface area contributed by atoms with E-state index in [0.717, 1.165) is 5.56 Å². The number of hydrogen-bond acceptors (Lipinski definition) is 2. The van der Waals surface area contributed by atoms with Crippen molar-refractivity contribution in [2.45, 2.75) is 20.8 Å². The molecule has 0 radical (unpaired) electrons. The first kappa shape index (κ1) is 16.9. The van der Waals surface area contributed by atoms with E-state index in [-0.39, 0.29) is 17.0 Å². The van der Waals surface area contributed by atoms with E-state index in [1.165, 1.54) is 26.0 Å². The van der Waals surface area contributed by atoms with E-state index in [0.29, 0.717) is 28.3 Å². The van der Waals surface area contributed by atoms with Crippen LogP contribution in [0.5, 0.6) is 5.75 Å². The summed E-state index contributed by atoms with van der Waals surface area (Å²) in [5.41, 5.74) is 3.01. The fourth-order valence-electron chi connectivity index (χ4n) is 2.71. The maximum Gasteiger partial charge on any atom is 0.221 e. The quantitative estimate of drug-likeness (QED) is 0.836. The van der Waals surface area contributed by atoms with Gasteiger partial charge in [-0.2, -0.15) is 0 Å². The van der Waals surface area contributed by atoms with Gasteiger partial charge in [0.2, 0.25) is 5.91 Å². The Morgan fingerprint density at radius 1 is 1.12 bits per heavy atom. The van der Waals surface area contributed by atoms with Gasteiger partial charge in [0.1, 0.15) is 23.1 Å². The maximum atomic E-state index is 13.9. The molecule has 0 aliphatic carbocycles. The van der Waals surface area contributed by atoms with Crippen molar-refractivity contribution in [3.8, 4) is 5.75 Å². The van der Waals surface area contributed by atoms with Gasteiger partial charge in [-0.15, -0.1) is 0 Å². The summed E-state index contributed by atoms with van der Waals surface area (Å²) in [6.07, 6.45) is 1.64. The van der Waals surface area contributed by atoms with Crippen molar-refractivity contribution in [1.29, 1.82) is 0 Å². The number of ether oxygens (including phenoxy) is 1. The van der Waals surface area contributed by atoms with Crippen molar-refractivity contribution in [3.05, 3.63) is 70.8 Å². The van der Waals surface area contributed by atoms with Crippen LogP contribution >= 0.6 is 0 Å². The van der Waals surface area contributed by atoms with E-state index in [4.69, 9.17) is 4.74 Å². The predicted octanol–water partition coefficient (Wildman–Crippen LogP) is 4.99. The van der Waals surface area contributed by atoms with Crippen molar-refractivity contribution in [2.24, 2.45) is 0 Å². The van der Waals surface area contributed by atoms with Crippen LogP contribution in [0.15, 0.2) is 36.9 Å². The molecule has 0 spiro atoms. The Labute approximate surface area is 144 Å². The Morgan fingerprint density at radius 2 is 1.76 bits per heavy atom. The minimum absolute atomic E-state index is 0.0384. The first-order chi connectivity index (χ1) is 11.8. The molecule has 0 aromatic heterocycles. The lowest BCUT2D eigenvalue weighted by molar-refractivity contribution is -0.114. The SMILES string of the molecule is C=C1C=C(c2cc(F)c(C)c(F)c2)Oc2c1ccc(NC(C)=O)c2C. The molecular formula is C20H17F2NO2. The number of anilines is 1. The topological polar surface area (TPSA) is 38.3 Å². The molecule has 1 N–H and O–H groups in total. The van der Waals surface area contributed by atoms with Gasteiger partial charge < -0.3 is 10.1 Å². The molecule has 2 aromatic carbocycles. The minimum atomic E-state index is -0.639. The Balaban J connectivity index is 2.07. The number of amides is 1. The van der Waals surface area contributed by atoms with Crippen LogP contribution in [0.25, 0.3) is 11.3 Å². The average molecular weight is 341 g/mol. The third-order valence-corrected chi connectivity index (χ3v) is 4.15. The van der Waals surface area contributed by atoms with Crippen LogP contribution in [0.1, 0.15) is 29.2 Å². The zero-order valence-corrected chi connectivity index (χ0v) is 14.2. The Morgan fingerprint density at radius 3 is 2.36 bits per heavy atom. The lowest BCUT2D eigenvalue weighted by atomic mass is 9.97. The molecule has 0 fully saturated rings. The highest BCUT2D eigenvalue weighted by molar-refractivity contribution is 5.93. The number of hydrogen-bond donors (Lipinski definition) is 1. The summed E-state index contributed by atoms with van der Waals surface area (Å²) in [5, 5.41) is 2.73. The maximum absolute atomic E-state index is 13.9. The van der Waals surface area contributed by atoms with Gasteiger partial charge in [0, 0.05) is 34.9 Å². The highest BCUT2D eigenvalue weighted by atomic mass is 19.1. The van der Waals surface area contributed by atoms with E-state index < -0.39 is 11.6 Å². The van der Waals surface area contributed by atoms with Gasteiger partial charge in [0.25, 0.3) is 0 Å². The van der Waals surface area contributed by atoms with Crippen LogP contribution in [0.3, 0.4) is 0 Å². The molecule has 0 unspecified atom stereocenters. The first-order valence-electron chi connectivity index (χ1n) is 7.74. The fourth-order valence-corrected chi connectivity index (χ4v) is 2.71. The Bertz CT molecular complexity index is 922. The van der Waals surface area contributed by atoms with Crippen LogP contribution in [-0.4, -0.2) is 5.91 Å². The van der Waals surface area contributed by atoms with Crippen molar-refractivity contribution in [1.82, 2.24) is 0 Å². The number of halogens is 2. The molecule has 3 rings (SSSR count). The van der Waals surface area contributed by atoms with E-state index >= 15 is 0 Å². The second-order valence-corrected chi connectivity index (χ2v) is 6.00. The van der Waals surface area contributed by atoms with Crippen molar-refractivity contribution >= 4 is 22.9 Å². The van der Waals surface area contributed by atoms with Gasteiger partial charge in [0.05, 0.1) is 0 Å². The molecule has 1 aliphatic heterocycles. The summed E-state index contributed by atoms with van der Waals surface area (Å²) in [6, 6.07) is 6.03. The Kier molecular flexibility index (Phi) is 4.17. The van der Waals surface area contributed by atoms with Gasteiger partial charge in [-0.25, -0.2) is 8.78 Å². The predicted molar refractivity (Wildman–Crippen MR) is 94.2 cm³/mol. The zero-order chi connectivity index (χ0) is 18.3. The molecule has 1 heterocycles. The number of carbonyl (C=O) groups is 1. The average Bonchev–Trinajstić information content (AvgIpc) is 2.54. The molecular weight excluding hydrogens is 324 g/mol. The molecule has 3 nitrogen and oxygen atoms in total.